The number of rotatable bonds is 38. The summed E-state index contributed by atoms with van der Waals surface area (Å²) in [5.41, 5.74) is 38.9. The number of benzene rings is 1. The molecule has 0 radical (unpaired) electrons. The van der Waals surface area contributed by atoms with Gasteiger partial charge in [-0.05, 0) is 87.3 Å². The SMILES string of the molecule is CC[C@H](C)[C@H](NC(=O)[C@H](Cc1ccc(O)cc1)NC(=O)[C@H](CCC(N)=O)NC(=O)[C@@H](N)C(C)C)C(=O)N[C@@H](CCCN=C(N)N)C(=O)N[C@@H](C)C(=O)N[C@@H](CC(C)C)C(=O)N[C@@H](CCC(N)=O)C(=O)N[C@@H](CCCN=C(N)N)C(=O)O. The summed E-state index contributed by atoms with van der Waals surface area (Å²) in [6.07, 6.45) is -1.17. The molecule has 30 nitrogen and oxygen atoms in total. The van der Waals surface area contributed by atoms with E-state index in [0.29, 0.717) is 12.0 Å². The van der Waals surface area contributed by atoms with Crippen LogP contribution in [0.15, 0.2) is 34.3 Å². The molecule has 24 N–H and O–H groups in total. The fourth-order valence-corrected chi connectivity index (χ4v) is 7.71. The van der Waals surface area contributed by atoms with Crippen molar-refractivity contribution in [3.05, 3.63) is 29.8 Å². The largest absolute Gasteiger partial charge is 0.508 e. The van der Waals surface area contributed by atoms with Crippen LogP contribution in [0, 0.1) is 17.8 Å². The number of nitrogens with one attached hydrogen (secondary N) is 8. The molecule has 0 aliphatic rings. The molecule has 0 saturated carbocycles. The third-order valence-corrected chi connectivity index (χ3v) is 12.7. The maximum absolute atomic E-state index is 14.4. The standard InChI is InChI=1S/C51H87N17O13/c1-8-27(6)40(68-46(77)36(24-29-13-15-30(69)16-14-29)67-44(75)33(18-20-38(53)71)63-47(78)39(54)26(4)5)48(79)64-31(11-9-21-59-50(55)56)42(73)61-28(7)41(72)66-35(23-25(2)3)45(76)62-32(17-19-37(52)70)43(74)65-34(49(80)81)12-10-22-60-51(57)58/h13-16,25-28,31-36,39-40,69H,8-12,17-24,54H2,1-7H3,(H2,52,70)(H2,53,71)(H,61,73)(H,62,76)(H,63,78)(H,64,79)(H,65,74)(H,66,72)(H,67,75)(H,68,77)(H,80,81)(H4,55,56,59)(H4,57,58,60)/t27-,28-,31-,32-,33-,34-,35-,36-,39-,40-/m0/s1. The second-order valence-corrected chi connectivity index (χ2v) is 20.5. The van der Waals surface area contributed by atoms with Gasteiger partial charge in [0.05, 0.1) is 6.04 Å². The molecule has 10 atom stereocenters. The Morgan fingerprint density at radius 1 is 0.506 bits per heavy atom. The first-order valence-electron chi connectivity index (χ1n) is 26.7. The minimum atomic E-state index is -1.50. The highest BCUT2D eigenvalue weighted by atomic mass is 16.4. The number of amides is 10. The van der Waals surface area contributed by atoms with Crippen LogP contribution in [0.1, 0.15) is 118 Å². The second kappa shape index (κ2) is 36.0. The van der Waals surface area contributed by atoms with E-state index in [1.807, 2.05) is 0 Å². The fraction of sp³-hybridized carbons (Fsp3) is 0.627. The third kappa shape index (κ3) is 27.9. The first-order chi connectivity index (χ1) is 37.9. The van der Waals surface area contributed by atoms with Gasteiger partial charge in [-0.2, -0.15) is 0 Å². The number of nitrogens with zero attached hydrogens (tertiary/aromatic N) is 2. The van der Waals surface area contributed by atoms with Crippen LogP contribution in [0.25, 0.3) is 0 Å². The van der Waals surface area contributed by atoms with Gasteiger partial charge in [0, 0.05) is 32.4 Å². The molecular formula is C51H87N17O13. The number of phenols is 1. The molecule has 81 heavy (non-hydrogen) atoms. The van der Waals surface area contributed by atoms with Gasteiger partial charge in [0.2, 0.25) is 59.1 Å². The van der Waals surface area contributed by atoms with Crippen molar-refractivity contribution < 1.29 is 63.0 Å². The van der Waals surface area contributed by atoms with Gasteiger partial charge in [-0.1, -0.05) is 60.1 Å². The highest BCUT2D eigenvalue weighted by Crippen LogP contribution is 2.15. The minimum Gasteiger partial charge on any atom is -0.508 e. The zero-order valence-corrected chi connectivity index (χ0v) is 47.3. The Hall–Kier alpha value is -8.31. The van der Waals surface area contributed by atoms with E-state index in [2.05, 4.69) is 52.5 Å². The van der Waals surface area contributed by atoms with Crippen LogP contribution in [0.3, 0.4) is 0 Å². The number of carbonyl (C=O) groups is 11. The van der Waals surface area contributed by atoms with Crippen molar-refractivity contribution in [2.24, 2.45) is 67.9 Å². The van der Waals surface area contributed by atoms with Crippen LogP contribution in [0.4, 0.5) is 0 Å². The monoisotopic (exact) mass is 1150 g/mol. The first-order valence-corrected chi connectivity index (χ1v) is 26.7. The zero-order valence-electron chi connectivity index (χ0n) is 47.3. The van der Waals surface area contributed by atoms with Crippen molar-refractivity contribution in [2.75, 3.05) is 13.1 Å². The van der Waals surface area contributed by atoms with E-state index in [1.54, 1.807) is 41.5 Å². The predicted molar refractivity (Wildman–Crippen MR) is 299 cm³/mol. The van der Waals surface area contributed by atoms with E-state index in [1.165, 1.54) is 31.2 Å². The maximum atomic E-state index is 14.4. The smallest absolute Gasteiger partial charge is 0.326 e. The van der Waals surface area contributed by atoms with Crippen molar-refractivity contribution in [1.82, 2.24) is 42.5 Å². The molecule has 0 bridgehead atoms. The topological polar surface area (TPSA) is 531 Å². The van der Waals surface area contributed by atoms with E-state index in [9.17, 15) is 63.0 Å². The molecule has 0 heterocycles. The number of guanidine groups is 2. The maximum Gasteiger partial charge on any atom is 0.326 e. The van der Waals surface area contributed by atoms with E-state index < -0.39 is 132 Å². The number of carbonyl (C=O) groups excluding carboxylic acids is 10. The van der Waals surface area contributed by atoms with E-state index in [0.717, 1.165) is 0 Å². The lowest BCUT2D eigenvalue weighted by atomic mass is 9.96. The normalized spacial score (nSPS) is 14.7. The molecule has 0 saturated heterocycles. The number of aliphatic carboxylic acids is 1. The number of hydrogen-bond acceptors (Lipinski definition) is 15. The Morgan fingerprint density at radius 2 is 0.914 bits per heavy atom. The summed E-state index contributed by atoms with van der Waals surface area (Å²) in [5.74, 6) is -11.7. The van der Waals surface area contributed by atoms with Crippen molar-refractivity contribution in [2.45, 2.75) is 173 Å². The number of primary amides is 2. The Kier molecular flexibility index (Phi) is 31.5. The van der Waals surface area contributed by atoms with Crippen LogP contribution in [0.5, 0.6) is 5.75 Å². The van der Waals surface area contributed by atoms with Gasteiger partial charge in [-0.25, -0.2) is 4.79 Å². The summed E-state index contributed by atoms with van der Waals surface area (Å²) in [7, 11) is 0. The molecule has 0 aliphatic carbocycles. The Labute approximate surface area is 471 Å². The average molecular weight is 1150 g/mol. The Balaban J connectivity index is 3.55. The van der Waals surface area contributed by atoms with Crippen molar-refractivity contribution in [3.8, 4) is 5.75 Å². The lowest BCUT2D eigenvalue weighted by molar-refractivity contribution is -0.142. The molecule has 30 heteroatoms. The molecule has 0 unspecified atom stereocenters. The van der Waals surface area contributed by atoms with Gasteiger partial charge in [0.15, 0.2) is 11.9 Å². The number of carboxylic acids is 1. The minimum absolute atomic E-state index is 0.00391. The zero-order chi connectivity index (χ0) is 61.7. The highest BCUT2D eigenvalue weighted by Gasteiger charge is 2.36. The number of phenolic OH excluding ortho intramolecular Hbond substituents is 1. The molecule has 0 aliphatic heterocycles. The molecule has 0 aromatic heterocycles. The number of nitrogens with two attached hydrogens (primary N) is 7. The van der Waals surface area contributed by atoms with Gasteiger partial charge < -0.3 is 92.9 Å². The van der Waals surface area contributed by atoms with Gasteiger partial charge in [0.1, 0.15) is 54.1 Å². The summed E-state index contributed by atoms with van der Waals surface area (Å²) < 4.78 is 0. The van der Waals surface area contributed by atoms with Crippen LogP contribution < -0.4 is 82.7 Å². The van der Waals surface area contributed by atoms with Crippen LogP contribution >= 0.6 is 0 Å². The van der Waals surface area contributed by atoms with Crippen molar-refractivity contribution in [1.29, 1.82) is 0 Å². The van der Waals surface area contributed by atoms with Gasteiger partial charge in [0.25, 0.3) is 0 Å². The van der Waals surface area contributed by atoms with E-state index in [4.69, 9.17) is 40.1 Å². The average Bonchev–Trinajstić information content (AvgIpc) is 3.38. The Bertz CT molecular complexity index is 2360. The molecule has 10 amide bonds. The summed E-state index contributed by atoms with van der Waals surface area (Å²) in [4.78, 5) is 154. The predicted octanol–water partition coefficient (Wildman–Crippen LogP) is -4.37. The molecule has 1 aromatic rings. The van der Waals surface area contributed by atoms with E-state index >= 15 is 0 Å². The first kappa shape index (κ1) is 70.7. The summed E-state index contributed by atoms with van der Waals surface area (Å²) in [6.45, 7) is 11.6. The molecule has 1 aromatic carbocycles. The molecular weight excluding hydrogens is 1060 g/mol. The van der Waals surface area contributed by atoms with Crippen LogP contribution in [-0.2, 0) is 59.2 Å². The van der Waals surface area contributed by atoms with Crippen molar-refractivity contribution >= 4 is 77.0 Å². The summed E-state index contributed by atoms with van der Waals surface area (Å²) in [5, 5.41) is 40.2. The molecule has 454 valence electrons. The number of carboxylic acid groups (broad SMARTS) is 1. The fourth-order valence-electron chi connectivity index (χ4n) is 7.71. The van der Waals surface area contributed by atoms with Crippen LogP contribution in [-0.4, -0.2) is 155 Å². The molecule has 0 spiro atoms. The van der Waals surface area contributed by atoms with Crippen LogP contribution in [0.2, 0.25) is 0 Å². The highest BCUT2D eigenvalue weighted by molar-refractivity contribution is 5.98. The summed E-state index contributed by atoms with van der Waals surface area (Å²) in [6, 6.07) is -6.64. The summed E-state index contributed by atoms with van der Waals surface area (Å²) >= 11 is 0. The number of aliphatic imine (C=N–C) groups is 2. The van der Waals surface area contributed by atoms with Gasteiger partial charge in [-0.15, -0.1) is 0 Å². The molecule has 0 fully saturated rings. The number of hydrogen-bond donors (Lipinski definition) is 17. The quantitative estimate of drug-likeness (QED) is 0.0169. The van der Waals surface area contributed by atoms with Gasteiger partial charge in [-0.3, -0.25) is 57.9 Å². The Morgan fingerprint density at radius 3 is 1.37 bits per heavy atom. The van der Waals surface area contributed by atoms with Gasteiger partial charge >= 0.3 is 5.97 Å². The lowest BCUT2D eigenvalue weighted by Crippen LogP contribution is -2.61. The van der Waals surface area contributed by atoms with E-state index in [-0.39, 0.29) is 100 Å². The number of aromatic hydroxyl groups is 1. The van der Waals surface area contributed by atoms with Crippen molar-refractivity contribution in [3.63, 3.8) is 0 Å². The third-order valence-electron chi connectivity index (χ3n) is 12.7. The molecule has 1 rings (SSSR count). The second-order valence-electron chi connectivity index (χ2n) is 20.5. The lowest BCUT2D eigenvalue weighted by Gasteiger charge is -2.29.